The van der Waals surface area contributed by atoms with Gasteiger partial charge in [-0.1, -0.05) is 37.0 Å². The van der Waals surface area contributed by atoms with Crippen molar-refractivity contribution in [3.63, 3.8) is 0 Å². The van der Waals surface area contributed by atoms with Crippen LogP contribution in [-0.2, 0) is 9.53 Å². The Hall–Kier alpha value is -1.79. The number of rotatable bonds is 4. The van der Waals surface area contributed by atoms with Crippen LogP contribution in [0.5, 0.6) is 0 Å². The van der Waals surface area contributed by atoms with Crippen LogP contribution < -0.4 is 11.1 Å². The summed E-state index contributed by atoms with van der Waals surface area (Å²) in [6, 6.07) is 3.22. The summed E-state index contributed by atoms with van der Waals surface area (Å²) < 4.78 is 5.10. The molecule has 3 amide bonds. The van der Waals surface area contributed by atoms with Crippen LogP contribution in [0.4, 0.5) is 4.79 Å². The van der Waals surface area contributed by atoms with E-state index >= 15 is 0 Å². The number of urea groups is 1. The Kier molecular flexibility index (Phi) is 5.99. The van der Waals surface area contributed by atoms with Gasteiger partial charge in [0, 0.05) is 5.02 Å². The van der Waals surface area contributed by atoms with Gasteiger partial charge in [-0.05, 0) is 24.1 Å². The summed E-state index contributed by atoms with van der Waals surface area (Å²) >= 11 is 11.6. The molecule has 1 aromatic rings. The van der Waals surface area contributed by atoms with Gasteiger partial charge in [0.15, 0.2) is 6.10 Å². The van der Waals surface area contributed by atoms with Gasteiger partial charge in [0.1, 0.15) is 0 Å². The second kappa shape index (κ2) is 7.28. The van der Waals surface area contributed by atoms with Crippen molar-refractivity contribution in [1.82, 2.24) is 5.32 Å². The highest BCUT2D eigenvalue weighted by Gasteiger charge is 2.28. The van der Waals surface area contributed by atoms with Gasteiger partial charge < -0.3 is 10.5 Å². The van der Waals surface area contributed by atoms with Gasteiger partial charge in [0.05, 0.1) is 10.6 Å². The van der Waals surface area contributed by atoms with Crippen LogP contribution in [0.15, 0.2) is 18.2 Å². The minimum absolute atomic E-state index is 0.0681. The topological polar surface area (TPSA) is 98.5 Å². The van der Waals surface area contributed by atoms with Gasteiger partial charge in [-0.25, -0.2) is 9.59 Å². The zero-order valence-corrected chi connectivity index (χ0v) is 12.9. The molecule has 0 spiro atoms. The summed E-state index contributed by atoms with van der Waals surface area (Å²) in [6.45, 7) is 3.31. The first-order chi connectivity index (χ1) is 9.72. The summed E-state index contributed by atoms with van der Waals surface area (Å²) in [4.78, 5) is 34.5. The van der Waals surface area contributed by atoms with Crippen molar-refractivity contribution in [2.45, 2.75) is 20.0 Å². The third-order valence-electron chi connectivity index (χ3n) is 2.50. The quantitative estimate of drug-likeness (QED) is 0.827. The third-order valence-corrected chi connectivity index (χ3v) is 3.04. The fraction of sp³-hybridized carbons (Fsp3) is 0.308. The maximum atomic E-state index is 12.0. The highest BCUT2D eigenvalue weighted by atomic mass is 35.5. The molecule has 0 radical (unpaired) electrons. The Morgan fingerprint density at radius 2 is 1.86 bits per heavy atom. The maximum Gasteiger partial charge on any atom is 0.340 e. The average Bonchev–Trinajstić information content (AvgIpc) is 2.34. The van der Waals surface area contributed by atoms with Crippen LogP contribution in [-0.4, -0.2) is 24.0 Å². The number of hydrogen-bond donors (Lipinski definition) is 2. The second-order valence-corrected chi connectivity index (χ2v) is 5.39. The highest BCUT2D eigenvalue weighted by Crippen LogP contribution is 2.22. The lowest BCUT2D eigenvalue weighted by atomic mass is 10.1. The van der Waals surface area contributed by atoms with Crippen molar-refractivity contribution in [3.8, 4) is 0 Å². The van der Waals surface area contributed by atoms with Gasteiger partial charge >= 0.3 is 12.0 Å². The molecule has 0 saturated carbocycles. The van der Waals surface area contributed by atoms with E-state index in [4.69, 9.17) is 33.7 Å². The molecule has 6 nitrogen and oxygen atoms in total. The van der Waals surface area contributed by atoms with Crippen molar-refractivity contribution in [2.24, 2.45) is 11.7 Å². The lowest BCUT2D eigenvalue weighted by Gasteiger charge is -2.20. The fourth-order valence-electron chi connectivity index (χ4n) is 1.52. The molecular weight excluding hydrogens is 319 g/mol. The molecule has 0 heterocycles. The molecule has 0 saturated heterocycles. The normalized spacial score (nSPS) is 11.9. The molecule has 0 bridgehead atoms. The standard InChI is InChI=1S/C13H14Cl2N2O4/c1-6(2)10(11(18)17-13(16)20)21-12(19)8-4-3-7(14)5-9(8)15/h3-6,10H,1-2H3,(H3,16,17,18,20)/t10-/m0/s1. The zero-order valence-electron chi connectivity index (χ0n) is 11.4. The summed E-state index contributed by atoms with van der Waals surface area (Å²) in [5.41, 5.74) is 4.94. The average molecular weight is 333 g/mol. The summed E-state index contributed by atoms with van der Waals surface area (Å²) in [7, 11) is 0. The maximum absolute atomic E-state index is 12.0. The second-order valence-electron chi connectivity index (χ2n) is 4.55. The Labute approximate surface area is 131 Å². The molecule has 0 fully saturated rings. The van der Waals surface area contributed by atoms with E-state index in [1.807, 2.05) is 5.32 Å². The molecule has 114 valence electrons. The van der Waals surface area contributed by atoms with E-state index in [2.05, 4.69) is 0 Å². The molecule has 3 N–H and O–H groups in total. The number of nitrogens with two attached hydrogens (primary N) is 1. The van der Waals surface area contributed by atoms with Crippen LogP contribution >= 0.6 is 23.2 Å². The first-order valence-corrected chi connectivity index (χ1v) is 6.74. The van der Waals surface area contributed by atoms with Crippen LogP contribution in [0.2, 0.25) is 10.0 Å². The monoisotopic (exact) mass is 332 g/mol. The third kappa shape index (κ3) is 4.91. The van der Waals surface area contributed by atoms with Gasteiger partial charge in [0.25, 0.3) is 5.91 Å². The van der Waals surface area contributed by atoms with E-state index in [0.717, 1.165) is 0 Å². The van der Waals surface area contributed by atoms with Crippen molar-refractivity contribution in [3.05, 3.63) is 33.8 Å². The van der Waals surface area contributed by atoms with Gasteiger partial charge in [-0.3, -0.25) is 10.1 Å². The van der Waals surface area contributed by atoms with E-state index in [-0.39, 0.29) is 16.5 Å². The predicted octanol–water partition coefficient (Wildman–Crippen LogP) is 2.37. The fourth-order valence-corrected chi connectivity index (χ4v) is 2.00. The van der Waals surface area contributed by atoms with Gasteiger partial charge in [0.2, 0.25) is 0 Å². The number of carbonyl (C=O) groups is 3. The number of nitrogens with one attached hydrogen (secondary N) is 1. The van der Waals surface area contributed by atoms with Crippen LogP contribution in [0, 0.1) is 5.92 Å². The molecule has 0 aliphatic carbocycles. The Balaban J connectivity index is 2.91. The molecular formula is C13H14Cl2N2O4. The summed E-state index contributed by atoms with van der Waals surface area (Å²) in [5.74, 6) is -1.95. The molecule has 1 aromatic carbocycles. The van der Waals surface area contributed by atoms with E-state index in [9.17, 15) is 14.4 Å². The van der Waals surface area contributed by atoms with E-state index in [0.29, 0.717) is 5.02 Å². The highest BCUT2D eigenvalue weighted by molar-refractivity contribution is 6.36. The smallest absolute Gasteiger partial charge is 0.340 e. The lowest BCUT2D eigenvalue weighted by Crippen LogP contribution is -2.45. The number of primary amides is 1. The van der Waals surface area contributed by atoms with Gasteiger partial charge in [-0.15, -0.1) is 0 Å². The SMILES string of the molecule is CC(C)[C@H](OC(=O)c1ccc(Cl)cc1Cl)C(=O)NC(N)=O. The van der Waals surface area contributed by atoms with Crippen molar-refractivity contribution in [2.75, 3.05) is 0 Å². The summed E-state index contributed by atoms with van der Waals surface area (Å²) in [5, 5.41) is 2.34. The first-order valence-electron chi connectivity index (χ1n) is 5.98. The Morgan fingerprint density at radius 1 is 1.24 bits per heavy atom. The molecule has 0 aliphatic heterocycles. The molecule has 0 aliphatic rings. The molecule has 0 unspecified atom stereocenters. The Bertz CT molecular complexity index is 575. The summed E-state index contributed by atoms with van der Waals surface area (Å²) in [6.07, 6.45) is -1.17. The Morgan fingerprint density at radius 3 is 2.33 bits per heavy atom. The van der Waals surface area contributed by atoms with Crippen LogP contribution in [0.25, 0.3) is 0 Å². The van der Waals surface area contributed by atoms with Crippen molar-refractivity contribution < 1.29 is 19.1 Å². The first kappa shape index (κ1) is 17.3. The predicted molar refractivity (Wildman–Crippen MR) is 78.2 cm³/mol. The van der Waals surface area contributed by atoms with E-state index < -0.39 is 24.0 Å². The molecule has 1 atom stereocenters. The minimum Gasteiger partial charge on any atom is -0.448 e. The number of esters is 1. The molecule has 0 aromatic heterocycles. The number of amides is 3. The number of benzene rings is 1. The minimum atomic E-state index is -1.17. The zero-order chi connectivity index (χ0) is 16.2. The number of hydrogen-bond acceptors (Lipinski definition) is 4. The number of imide groups is 1. The molecule has 8 heteroatoms. The van der Waals surface area contributed by atoms with Crippen molar-refractivity contribution >= 4 is 41.1 Å². The number of ether oxygens (including phenoxy) is 1. The largest absolute Gasteiger partial charge is 0.448 e. The number of halogens is 2. The van der Waals surface area contributed by atoms with Crippen LogP contribution in [0.3, 0.4) is 0 Å². The molecule has 1 rings (SSSR count). The lowest BCUT2D eigenvalue weighted by molar-refractivity contribution is -0.130. The van der Waals surface area contributed by atoms with E-state index in [1.54, 1.807) is 13.8 Å². The number of carbonyl (C=O) groups excluding carboxylic acids is 3. The van der Waals surface area contributed by atoms with Crippen LogP contribution in [0.1, 0.15) is 24.2 Å². The van der Waals surface area contributed by atoms with Gasteiger partial charge in [-0.2, -0.15) is 0 Å². The molecule has 21 heavy (non-hydrogen) atoms. The van der Waals surface area contributed by atoms with E-state index in [1.165, 1.54) is 18.2 Å². The van der Waals surface area contributed by atoms with Crippen molar-refractivity contribution in [1.29, 1.82) is 0 Å².